The molecule has 3 N–H and O–H groups in total. The van der Waals surface area contributed by atoms with Crippen molar-refractivity contribution < 1.29 is 35.6 Å². The van der Waals surface area contributed by atoms with E-state index in [1.165, 1.54) is 19.1 Å². The third-order valence-corrected chi connectivity index (χ3v) is 8.16. The molecule has 0 aliphatic carbocycles. The van der Waals surface area contributed by atoms with Gasteiger partial charge in [-0.15, -0.1) is 5.10 Å². The molecule has 3 atom stereocenters. The first-order valence-corrected chi connectivity index (χ1v) is 12.6. The van der Waals surface area contributed by atoms with Gasteiger partial charge in [-0.05, 0) is 49.2 Å². The lowest BCUT2D eigenvalue weighted by atomic mass is 9.90. The van der Waals surface area contributed by atoms with E-state index >= 15 is 0 Å². The van der Waals surface area contributed by atoms with E-state index in [9.17, 15) is 27.1 Å². The number of hydrogen-bond donors (Lipinski definition) is 3. The number of benzene rings is 2. The minimum absolute atomic E-state index is 0.0897. The molecule has 0 saturated heterocycles. The Kier molecular flexibility index (Phi) is 5.64. The van der Waals surface area contributed by atoms with Crippen molar-refractivity contribution in [1.82, 2.24) is 14.9 Å². The molecular formula is C22H22BrF2N3O6S. The molecule has 3 unspecified atom stereocenters. The number of nitrogens with zero attached hydrogens (tertiary/aromatic N) is 1. The molecule has 0 radical (unpaired) electrons. The molecule has 0 bridgehead atoms. The second-order valence-corrected chi connectivity index (χ2v) is 10.7. The van der Waals surface area contributed by atoms with Crippen LogP contribution in [-0.2, 0) is 15.6 Å². The second kappa shape index (κ2) is 9.12. The van der Waals surface area contributed by atoms with Crippen LogP contribution in [0.3, 0.4) is 0 Å². The molecule has 9 nitrogen and oxygen atoms in total. The Balaban J connectivity index is 1.86. The number of aliphatic hydroxyl groups is 1. The molecule has 0 saturated carbocycles. The van der Waals surface area contributed by atoms with Crippen LogP contribution in [0.15, 0.2) is 42.8 Å². The van der Waals surface area contributed by atoms with E-state index in [0.29, 0.717) is 16.1 Å². The summed E-state index contributed by atoms with van der Waals surface area (Å²) in [6.45, 7) is -0.438. The van der Waals surface area contributed by atoms with Gasteiger partial charge in [0, 0.05) is 20.9 Å². The number of ether oxygens (including phenoxy) is 1. The first kappa shape index (κ1) is 21.7. The zero-order chi connectivity index (χ0) is 28.2. The smallest absolute Gasteiger partial charge is 0.434 e. The van der Waals surface area contributed by atoms with Crippen LogP contribution in [0.4, 0.5) is 8.78 Å². The van der Waals surface area contributed by atoms with E-state index in [4.69, 9.17) is 13.3 Å². The van der Waals surface area contributed by atoms with Crippen molar-refractivity contribution in [3.8, 4) is 5.75 Å². The Morgan fingerprint density at radius 1 is 1.31 bits per heavy atom. The fourth-order valence-corrected chi connectivity index (χ4v) is 5.84. The number of fused-ring (bicyclic) bond motifs is 1. The Bertz CT molecular complexity index is 1560. The van der Waals surface area contributed by atoms with Gasteiger partial charge in [-0.1, -0.05) is 22.9 Å². The summed E-state index contributed by atoms with van der Waals surface area (Å²) in [5.41, 5.74) is -3.00. The maximum atomic E-state index is 14.9. The molecule has 1 aliphatic rings. The summed E-state index contributed by atoms with van der Waals surface area (Å²) in [6, 6.07) is 2.73. The van der Waals surface area contributed by atoms with Crippen molar-refractivity contribution in [1.29, 1.82) is 0 Å². The molecule has 2 heterocycles. The van der Waals surface area contributed by atoms with Crippen LogP contribution >= 0.6 is 15.9 Å². The summed E-state index contributed by atoms with van der Waals surface area (Å²) in [7, 11) is -4.73. The largest absolute Gasteiger partial charge is 0.492 e. The highest BCUT2D eigenvalue weighted by Crippen LogP contribution is 2.43. The molecule has 3 aromatic rings. The third-order valence-electron chi connectivity index (χ3n) is 5.84. The molecule has 13 heteroatoms. The van der Waals surface area contributed by atoms with Gasteiger partial charge < -0.3 is 14.3 Å². The number of aromatic amines is 1. The molecular weight excluding hydrogens is 552 g/mol. The summed E-state index contributed by atoms with van der Waals surface area (Å²) in [4.78, 5) is 11.0. The van der Waals surface area contributed by atoms with Crippen molar-refractivity contribution in [2.24, 2.45) is 0 Å². The van der Waals surface area contributed by atoms with Crippen LogP contribution in [0.2, 0.25) is 0 Å². The minimum atomic E-state index is -4.73. The normalized spacial score (nSPS) is 21.3. The van der Waals surface area contributed by atoms with Crippen LogP contribution in [0.1, 0.15) is 58.8 Å². The predicted molar refractivity (Wildman–Crippen MR) is 124 cm³/mol. The maximum absolute atomic E-state index is 14.9. The topological polar surface area (TPSA) is 135 Å². The Morgan fingerprint density at radius 3 is 2.69 bits per heavy atom. The van der Waals surface area contributed by atoms with Crippen LogP contribution in [0.25, 0.3) is 0 Å². The quantitative estimate of drug-likeness (QED) is 0.408. The van der Waals surface area contributed by atoms with Crippen molar-refractivity contribution in [3.63, 3.8) is 0 Å². The maximum Gasteiger partial charge on any atom is 0.434 e. The minimum Gasteiger partial charge on any atom is -0.492 e. The van der Waals surface area contributed by atoms with Crippen molar-refractivity contribution in [2.75, 3.05) is 6.61 Å². The Hall–Kier alpha value is -2.61. The van der Waals surface area contributed by atoms with Gasteiger partial charge >= 0.3 is 5.76 Å². The van der Waals surface area contributed by atoms with Gasteiger partial charge in [0.25, 0.3) is 0 Å². The van der Waals surface area contributed by atoms with Gasteiger partial charge in [0.1, 0.15) is 28.3 Å². The number of nitrogens with one attached hydrogen (secondary N) is 2. The average molecular weight is 577 g/mol. The predicted octanol–water partition coefficient (Wildman–Crippen LogP) is 3.53. The molecule has 0 amide bonds. The van der Waals surface area contributed by atoms with E-state index in [0.717, 1.165) is 6.07 Å². The van der Waals surface area contributed by atoms with Gasteiger partial charge in [-0.2, -0.15) is 4.72 Å². The van der Waals surface area contributed by atoms with Crippen LogP contribution in [0.5, 0.6) is 5.75 Å². The average Bonchev–Trinajstić information content (AvgIpc) is 3.25. The number of aromatic nitrogens is 2. The van der Waals surface area contributed by atoms with Crippen LogP contribution < -0.4 is 15.2 Å². The molecule has 1 aliphatic heterocycles. The van der Waals surface area contributed by atoms with E-state index in [1.54, 1.807) is 6.92 Å². The van der Waals surface area contributed by atoms with E-state index in [1.807, 2.05) is 5.10 Å². The highest BCUT2D eigenvalue weighted by Gasteiger charge is 2.40. The lowest BCUT2D eigenvalue weighted by molar-refractivity contribution is 0.00964. The number of rotatable bonds is 6. The molecule has 0 fully saturated rings. The van der Waals surface area contributed by atoms with E-state index in [2.05, 4.69) is 25.8 Å². The summed E-state index contributed by atoms with van der Waals surface area (Å²) in [6.07, 6.45) is -0.510. The molecule has 2 aromatic carbocycles. The summed E-state index contributed by atoms with van der Waals surface area (Å²) in [5.74, 6) is -4.93. The van der Waals surface area contributed by atoms with Gasteiger partial charge in [0.15, 0.2) is 0 Å². The highest BCUT2D eigenvalue weighted by molar-refractivity contribution is 9.10. The zero-order valence-electron chi connectivity index (χ0n) is 21.4. The lowest BCUT2D eigenvalue weighted by Crippen LogP contribution is -2.35. The molecule has 0 spiro atoms. The van der Waals surface area contributed by atoms with Crippen molar-refractivity contribution >= 4 is 26.0 Å². The Morgan fingerprint density at radius 2 is 2.03 bits per heavy atom. The van der Waals surface area contributed by atoms with Gasteiger partial charge in [0.05, 0.1) is 17.8 Å². The fraction of sp³-hybridized carbons (Fsp3) is 0.364. The second-order valence-electron chi connectivity index (χ2n) is 8.12. The number of halogens is 3. The molecule has 35 heavy (non-hydrogen) atoms. The summed E-state index contributed by atoms with van der Waals surface area (Å²) < 4.78 is 93.4. The summed E-state index contributed by atoms with van der Waals surface area (Å²) >= 11 is 3.31. The fourth-order valence-electron chi connectivity index (χ4n) is 4.07. The first-order chi connectivity index (χ1) is 17.6. The van der Waals surface area contributed by atoms with E-state index in [-0.39, 0.29) is 5.56 Å². The van der Waals surface area contributed by atoms with Crippen LogP contribution in [0, 0.1) is 18.6 Å². The lowest BCUT2D eigenvalue weighted by Gasteiger charge is -2.32. The molecule has 188 valence electrons. The monoisotopic (exact) mass is 576 g/mol. The highest BCUT2D eigenvalue weighted by atomic mass is 79.9. The third kappa shape index (κ3) is 4.65. The van der Waals surface area contributed by atoms with Gasteiger partial charge in [0.2, 0.25) is 15.9 Å². The van der Waals surface area contributed by atoms with Crippen LogP contribution in [-0.4, -0.2) is 30.3 Å². The summed E-state index contributed by atoms with van der Waals surface area (Å²) in [5, 5.41) is 16.6. The standard InChI is InChI=1S/C22H22BrF2N3O6S/c1-10-12(23)4-5-13(24)16(10)11(2)18(20-26-27-21(29)34-20)28-35(31,32)15-7-6-14(25)17-19(15)33-9-8-22(17,3)30/h4-7,11,18,28,30H,8-9H2,1-3H3,(H,27,29)/i3D3. The van der Waals surface area contributed by atoms with E-state index < -0.39 is 87.0 Å². The van der Waals surface area contributed by atoms with Crippen molar-refractivity contribution in [2.45, 2.75) is 49.6 Å². The zero-order valence-corrected chi connectivity index (χ0v) is 20.8. The first-order valence-electron chi connectivity index (χ1n) is 11.8. The van der Waals surface area contributed by atoms with Gasteiger partial charge in [-0.3, -0.25) is 0 Å². The van der Waals surface area contributed by atoms with Gasteiger partial charge in [-0.25, -0.2) is 27.1 Å². The Labute approximate surface area is 211 Å². The molecule has 1 aromatic heterocycles. The van der Waals surface area contributed by atoms with Crippen molar-refractivity contribution in [3.05, 3.63) is 73.5 Å². The number of H-pyrrole nitrogens is 1. The molecule has 4 rings (SSSR count). The number of hydrogen-bond acceptors (Lipinski definition) is 7. The SMILES string of the molecule is [2H]C([2H])([2H])C1(O)CCOc2c(S(=O)(=O)NC(c3n[nH]c(=O)o3)C(C)c3c(F)ccc(Br)c3C)ccc(F)c21. The number of sulfonamides is 1.